The number of rotatable bonds is 5. The van der Waals surface area contributed by atoms with Crippen molar-refractivity contribution in [3.8, 4) is 11.3 Å². The number of carbonyl (C=O) groups excluding carboxylic acids is 1. The lowest BCUT2D eigenvalue weighted by atomic mass is 10.2. The van der Waals surface area contributed by atoms with Gasteiger partial charge in [0.2, 0.25) is 0 Å². The number of carbonyl (C=O) groups is 1. The summed E-state index contributed by atoms with van der Waals surface area (Å²) < 4.78 is 0. The number of thiazole rings is 1. The summed E-state index contributed by atoms with van der Waals surface area (Å²) in [4.78, 5) is 21.1. The minimum absolute atomic E-state index is 0.369. The standard InChI is InChI=1S/C22H18ClN5OS/c1-14-8-9-16(25-21(29)26-18-7-3-2-6-17(18)23)11-19(14)27-22-28-20(13-30-22)15-5-4-10-24-12-15/h2-13H,1H3,(H,27,28)(H2,25,26,29). The van der Waals surface area contributed by atoms with Crippen LogP contribution in [0.2, 0.25) is 5.02 Å². The Bertz CT molecular complexity index is 1180. The number of aromatic nitrogens is 2. The van der Waals surface area contributed by atoms with Crippen molar-refractivity contribution >= 4 is 51.2 Å². The molecular weight excluding hydrogens is 418 g/mol. The van der Waals surface area contributed by atoms with Crippen LogP contribution in [0.3, 0.4) is 0 Å². The topological polar surface area (TPSA) is 78.9 Å². The SMILES string of the molecule is Cc1ccc(NC(=O)Nc2ccccc2Cl)cc1Nc1nc(-c2cccnc2)cs1. The smallest absolute Gasteiger partial charge is 0.323 e. The molecule has 0 unspecified atom stereocenters. The molecule has 0 aliphatic rings. The number of nitrogens with one attached hydrogen (secondary N) is 3. The van der Waals surface area contributed by atoms with E-state index in [0.717, 1.165) is 27.6 Å². The van der Waals surface area contributed by atoms with Gasteiger partial charge in [0.05, 0.1) is 16.4 Å². The lowest BCUT2D eigenvalue weighted by molar-refractivity contribution is 0.262. The number of pyridine rings is 1. The van der Waals surface area contributed by atoms with E-state index in [1.54, 1.807) is 24.5 Å². The summed E-state index contributed by atoms with van der Waals surface area (Å²) in [7, 11) is 0. The lowest BCUT2D eigenvalue weighted by Gasteiger charge is -2.12. The van der Waals surface area contributed by atoms with Crippen LogP contribution in [0.4, 0.5) is 27.0 Å². The Morgan fingerprint density at radius 2 is 1.90 bits per heavy atom. The van der Waals surface area contributed by atoms with Gasteiger partial charge in [-0.15, -0.1) is 11.3 Å². The third-order valence-corrected chi connectivity index (χ3v) is 5.41. The summed E-state index contributed by atoms with van der Waals surface area (Å²) in [6.45, 7) is 1.99. The normalized spacial score (nSPS) is 10.5. The fraction of sp³-hybridized carbons (Fsp3) is 0.0455. The molecule has 2 heterocycles. The molecule has 0 aliphatic heterocycles. The number of aryl methyl sites for hydroxylation is 1. The highest BCUT2D eigenvalue weighted by molar-refractivity contribution is 7.14. The Labute approximate surface area is 183 Å². The molecule has 30 heavy (non-hydrogen) atoms. The maximum Gasteiger partial charge on any atom is 0.323 e. The third kappa shape index (κ3) is 4.76. The Balaban J connectivity index is 1.46. The number of halogens is 1. The van der Waals surface area contributed by atoms with Gasteiger partial charge >= 0.3 is 6.03 Å². The van der Waals surface area contributed by atoms with Crippen molar-refractivity contribution in [2.45, 2.75) is 6.92 Å². The second kappa shape index (κ2) is 8.94. The van der Waals surface area contributed by atoms with Gasteiger partial charge in [0.25, 0.3) is 0 Å². The third-order valence-electron chi connectivity index (χ3n) is 4.32. The van der Waals surface area contributed by atoms with Gasteiger partial charge in [-0.25, -0.2) is 9.78 Å². The number of hydrogen-bond donors (Lipinski definition) is 3. The van der Waals surface area contributed by atoms with Gasteiger partial charge in [0.15, 0.2) is 5.13 Å². The first-order valence-corrected chi connectivity index (χ1v) is 10.4. The molecule has 2 amide bonds. The van der Waals surface area contributed by atoms with E-state index in [4.69, 9.17) is 11.6 Å². The monoisotopic (exact) mass is 435 g/mol. The number of nitrogens with zero attached hydrogens (tertiary/aromatic N) is 2. The first kappa shape index (κ1) is 19.9. The molecule has 4 rings (SSSR count). The molecule has 2 aromatic carbocycles. The Hall–Kier alpha value is -3.42. The predicted octanol–water partition coefficient (Wildman–Crippen LogP) is 6.55. The first-order chi connectivity index (χ1) is 14.6. The van der Waals surface area contributed by atoms with E-state index in [1.165, 1.54) is 11.3 Å². The van der Waals surface area contributed by atoms with Crippen molar-refractivity contribution in [2.75, 3.05) is 16.0 Å². The molecular formula is C22H18ClN5OS. The maximum atomic E-state index is 12.3. The van der Waals surface area contributed by atoms with E-state index in [0.29, 0.717) is 16.4 Å². The molecule has 3 N–H and O–H groups in total. The molecule has 0 bridgehead atoms. The molecule has 6 nitrogen and oxygen atoms in total. The van der Waals surface area contributed by atoms with Crippen LogP contribution in [0, 0.1) is 6.92 Å². The van der Waals surface area contributed by atoms with E-state index >= 15 is 0 Å². The van der Waals surface area contributed by atoms with Crippen LogP contribution in [0.15, 0.2) is 72.4 Å². The fourth-order valence-electron chi connectivity index (χ4n) is 2.77. The second-order valence-corrected chi connectivity index (χ2v) is 7.76. The lowest BCUT2D eigenvalue weighted by Crippen LogP contribution is -2.19. The minimum atomic E-state index is -0.369. The van der Waals surface area contributed by atoms with Gasteiger partial charge in [-0.3, -0.25) is 4.98 Å². The van der Waals surface area contributed by atoms with E-state index in [-0.39, 0.29) is 6.03 Å². The molecule has 0 fully saturated rings. The molecule has 2 aromatic heterocycles. The molecule has 4 aromatic rings. The predicted molar refractivity (Wildman–Crippen MR) is 124 cm³/mol. The zero-order chi connectivity index (χ0) is 20.9. The van der Waals surface area contributed by atoms with Crippen LogP contribution in [0.1, 0.15) is 5.56 Å². The fourth-order valence-corrected chi connectivity index (χ4v) is 3.69. The average Bonchev–Trinajstić information content (AvgIpc) is 3.21. The molecule has 0 spiro atoms. The Kier molecular flexibility index (Phi) is 5.92. The number of hydrogen-bond acceptors (Lipinski definition) is 5. The van der Waals surface area contributed by atoms with Crippen molar-refractivity contribution in [3.63, 3.8) is 0 Å². The maximum absolute atomic E-state index is 12.3. The number of amides is 2. The zero-order valence-electron chi connectivity index (χ0n) is 16.0. The Morgan fingerprint density at radius 1 is 1.03 bits per heavy atom. The summed E-state index contributed by atoms with van der Waals surface area (Å²) in [5, 5.41) is 12.1. The van der Waals surface area contributed by atoms with Crippen molar-refractivity contribution in [1.82, 2.24) is 9.97 Å². The summed E-state index contributed by atoms with van der Waals surface area (Å²) in [6.07, 6.45) is 3.52. The molecule has 0 saturated heterocycles. The summed E-state index contributed by atoms with van der Waals surface area (Å²) >= 11 is 7.60. The van der Waals surface area contributed by atoms with Crippen LogP contribution in [-0.2, 0) is 0 Å². The van der Waals surface area contributed by atoms with Gasteiger partial charge in [-0.2, -0.15) is 0 Å². The molecule has 8 heteroatoms. The largest absolute Gasteiger partial charge is 0.331 e. The van der Waals surface area contributed by atoms with Crippen LogP contribution in [0.5, 0.6) is 0 Å². The quantitative estimate of drug-likeness (QED) is 0.332. The number of anilines is 4. The van der Waals surface area contributed by atoms with E-state index in [1.807, 2.05) is 54.8 Å². The highest BCUT2D eigenvalue weighted by Crippen LogP contribution is 2.29. The summed E-state index contributed by atoms with van der Waals surface area (Å²) in [6, 6.07) is 16.2. The van der Waals surface area contributed by atoms with E-state index in [9.17, 15) is 4.79 Å². The number of benzene rings is 2. The van der Waals surface area contributed by atoms with Crippen molar-refractivity contribution in [3.05, 3.63) is 83.0 Å². The van der Waals surface area contributed by atoms with E-state index < -0.39 is 0 Å². The minimum Gasteiger partial charge on any atom is -0.331 e. The van der Waals surface area contributed by atoms with Crippen molar-refractivity contribution < 1.29 is 4.79 Å². The van der Waals surface area contributed by atoms with Crippen LogP contribution in [0.25, 0.3) is 11.3 Å². The van der Waals surface area contributed by atoms with Crippen molar-refractivity contribution in [2.24, 2.45) is 0 Å². The van der Waals surface area contributed by atoms with Crippen LogP contribution < -0.4 is 16.0 Å². The van der Waals surface area contributed by atoms with Gasteiger partial charge in [-0.1, -0.05) is 29.8 Å². The highest BCUT2D eigenvalue weighted by atomic mass is 35.5. The van der Waals surface area contributed by atoms with Gasteiger partial charge in [0.1, 0.15) is 0 Å². The van der Waals surface area contributed by atoms with Crippen LogP contribution >= 0.6 is 22.9 Å². The highest BCUT2D eigenvalue weighted by Gasteiger charge is 2.09. The van der Waals surface area contributed by atoms with Crippen molar-refractivity contribution in [1.29, 1.82) is 0 Å². The number of para-hydroxylation sites is 1. The average molecular weight is 436 g/mol. The van der Waals surface area contributed by atoms with Crippen LogP contribution in [-0.4, -0.2) is 16.0 Å². The first-order valence-electron chi connectivity index (χ1n) is 9.14. The summed E-state index contributed by atoms with van der Waals surface area (Å²) in [5.74, 6) is 0. The number of urea groups is 1. The van der Waals surface area contributed by atoms with Gasteiger partial charge < -0.3 is 16.0 Å². The Morgan fingerprint density at radius 3 is 2.70 bits per heavy atom. The second-order valence-electron chi connectivity index (χ2n) is 6.49. The molecule has 0 aliphatic carbocycles. The van der Waals surface area contributed by atoms with E-state index in [2.05, 4.69) is 25.9 Å². The van der Waals surface area contributed by atoms with Gasteiger partial charge in [0, 0.05) is 34.7 Å². The molecule has 150 valence electrons. The molecule has 0 saturated carbocycles. The van der Waals surface area contributed by atoms with Gasteiger partial charge in [-0.05, 0) is 48.9 Å². The summed E-state index contributed by atoms with van der Waals surface area (Å²) in [5.41, 5.74) is 4.92. The molecule has 0 atom stereocenters. The zero-order valence-corrected chi connectivity index (χ0v) is 17.6. The molecule has 0 radical (unpaired) electrons.